The SMILES string of the molecule is CCCCCCCCCCCCCCCC(=O)OC1[C@@H](SC)OC(C(NC(=O)[C@@H]2C[C@@H](CCC)CN2C)C(C)Cl)[C@H](O)[C@@H]1O.Cl. The van der Waals surface area contributed by atoms with Crippen molar-refractivity contribution in [1.82, 2.24) is 10.2 Å². The Hall–Kier alpha value is -0.290. The fourth-order valence-electron chi connectivity index (χ4n) is 6.72. The number of nitrogens with one attached hydrogen (secondary N) is 1. The lowest BCUT2D eigenvalue weighted by Crippen LogP contribution is -2.65. The fraction of sp³-hybridized carbons (Fsp3) is 0.941. The predicted octanol–water partition coefficient (Wildman–Crippen LogP) is 6.84. The molecule has 0 aliphatic carbocycles. The summed E-state index contributed by atoms with van der Waals surface area (Å²) in [7, 11) is 1.95. The van der Waals surface area contributed by atoms with E-state index in [4.69, 9.17) is 21.1 Å². The zero-order valence-electron chi connectivity index (χ0n) is 28.6. The van der Waals surface area contributed by atoms with Gasteiger partial charge in [0.25, 0.3) is 0 Å². The number of unbranched alkanes of at least 4 members (excludes halogenated alkanes) is 12. The minimum absolute atomic E-state index is 0. The monoisotopic (exact) mass is 698 g/mol. The highest BCUT2D eigenvalue weighted by Gasteiger charge is 2.50. The van der Waals surface area contributed by atoms with Gasteiger partial charge in [-0.3, -0.25) is 14.5 Å². The van der Waals surface area contributed by atoms with Crippen molar-refractivity contribution in [3.8, 4) is 0 Å². The van der Waals surface area contributed by atoms with Crippen LogP contribution in [0, 0.1) is 5.92 Å². The Balaban J connectivity index is 0.0000101. The summed E-state index contributed by atoms with van der Waals surface area (Å²) in [5.74, 6) is -0.0742. The number of aliphatic hydroxyl groups excluding tert-OH is 2. The quantitative estimate of drug-likeness (QED) is 0.0641. The normalized spacial score (nSPS) is 28.3. The second-order valence-electron chi connectivity index (χ2n) is 13.2. The molecule has 2 aliphatic heterocycles. The molecule has 1 amide bonds. The minimum Gasteiger partial charge on any atom is -0.456 e. The van der Waals surface area contributed by atoms with Crippen LogP contribution < -0.4 is 5.32 Å². The third-order valence-electron chi connectivity index (χ3n) is 9.36. The van der Waals surface area contributed by atoms with Crippen LogP contribution in [0.2, 0.25) is 0 Å². The number of likely N-dealkylation sites (N-methyl/N-ethyl adjacent to an activating group) is 1. The van der Waals surface area contributed by atoms with Crippen LogP contribution in [-0.4, -0.2) is 94.2 Å². The van der Waals surface area contributed by atoms with Crippen molar-refractivity contribution in [3.05, 3.63) is 0 Å². The van der Waals surface area contributed by atoms with Crippen LogP contribution in [0.1, 0.15) is 130 Å². The molecule has 266 valence electrons. The minimum atomic E-state index is -1.38. The first-order valence-electron chi connectivity index (χ1n) is 17.5. The molecule has 11 heteroatoms. The third kappa shape index (κ3) is 14.8. The van der Waals surface area contributed by atoms with E-state index in [0.717, 1.165) is 45.1 Å². The number of esters is 1. The number of rotatable bonds is 22. The van der Waals surface area contributed by atoms with E-state index in [1.807, 2.05) is 7.05 Å². The van der Waals surface area contributed by atoms with Crippen molar-refractivity contribution in [1.29, 1.82) is 0 Å². The molecule has 4 unspecified atom stereocenters. The number of hydrogen-bond donors (Lipinski definition) is 3. The highest BCUT2D eigenvalue weighted by molar-refractivity contribution is 7.99. The van der Waals surface area contributed by atoms with Crippen LogP contribution >= 0.6 is 35.8 Å². The van der Waals surface area contributed by atoms with E-state index in [9.17, 15) is 19.8 Å². The van der Waals surface area contributed by atoms with Gasteiger partial charge in [-0.2, -0.15) is 0 Å². The number of halogens is 2. The maximum atomic E-state index is 13.3. The predicted molar refractivity (Wildman–Crippen MR) is 188 cm³/mol. The Morgan fingerprint density at radius 3 is 2.02 bits per heavy atom. The van der Waals surface area contributed by atoms with Crippen LogP contribution in [0.5, 0.6) is 0 Å². The molecule has 2 heterocycles. The standard InChI is InChI=1S/C34H63ClN2O6S.ClH/c1-6-8-9-10-11-12-13-14-15-16-17-18-19-21-27(38)42-32-30(40)29(39)31(43-34(32)44-5)28(24(3)35)36-33(41)26-22-25(20-7-2)23-37(26)4;/h24-26,28-32,34,39-40H,6-23H2,1-5H3,(H,36,41);1H/t24?,25-,26+,28?,29-,30+,31?,32?,34-;/m1./s1. The van der Waals surface area contributed by atoms with Gasteiger partial charge in [-0.25, -0.2) is 0 Å². The van der Waals surface area contributed by atoms with Crippen LogP contribution in [0.15, 0.2) is 0 Å². The molecule has 2 rings (SSSR count). The number of likely N-dealkylation sites (tertiary alicyclic amines) is 1. The second-order valence-corrected chi connectivity index (χ2v) is 14.8. The molecule has 8 nitrogen and oxygen atoms in total. The molecule has 2 aliphatic rings. The van der Waals surface area contributed by atoms with E-state index in [1.54, 1.807) is 13.2 Å². The summed E-state index contributed by atoms with van der Waals surface area (Å²) in [6, 6.07) is -1.00. The van der Waals surface area contributed by atoms with Gasteiger partial charge in [-0.05, 0) is 45.4 Å². The van der Waals surface area contributed by atoms with Gasteiger partial charge in [-0.1, -0.05) is 97.3 Å². The van der Waals surface area contributed by atoms with Crippen LogP contribution in [0.3, 0.4) is 0 Å². The lowest BCUT2D eigenvalue weighted by molar-refractivity contribution is -0.218. The molecular weight excluding hydrogens is 635 g/mol. The molecule has 0 saturated carbocycles. The van der Waals surface area contributed by atoms with E-state index in [2.05, 4.69) is 24.1 Å². The number of aliphatic hydroxyl groups is 2. The molecule has 2 saturated heterocycles. The van der Waals surface area contributed by atoms with Gasteiger partial charge in [0.15, 0.2) is 6.10 Å². The molecule has 0 bridgehead atoms. The van der Waals surface area contributed by atoms with Crippen molar-refractivity contribution in [3.63, 3.8) is 0 Å². The summed E-state index contributed by atoms with van der Waals surface area (Å²) < 4.78 is 11.9. The molecule has 0 aromatic heterocycles. The molecular formula is C34H64Cl2N2O6S. The van der Waals surface area contributed by atoms with Gasteiger partial charge in [0.1, 0.15) is 23.7 Å². The van der Waals surface area contributed by atoms with Crippen molar-refractivity contribution >= 4 is 47.6 Å². The molecule has 9 atom stereocenters. The molecule has 0 aromatic carbocycles. The van der Waals surface area contributed by atoms with E-state index in [1.165, 1.54) is 76.0 Å². The van der Waals surface area contributed by atoms with E-state index in [-0.39, 0.29) is 30.8 Å². The first kappa shape index (κ1) is 42.7. The molecule has 0 radical (unpaired) electrons. The van der Waals surface area contributed by atoms with Crippen molar-refractivity contribution in [2.24, 2.45) is 5.92 Å². The highest BCUT2D eigenvalue weighted by atomic mass is 35.5. The van der Waals surface area contributed by atoms with Gasteiger partial charge < -0.3 is 25.0 Å². The molecule has 2 fully saturated rings. The number of carbonyl (C=O) groups excluding carboxylic acids is 2. The molecule has 3 N–H and O–H groups in total. The Labute approximate surface area is 289 Å². The highest BCUT2D eigenvalue weighted by Crippen LogP contribution is 2.33. The molecule has 45 heavy (non-hydrogen) atoms. The summed E-state index contributed by atoms with van der Waals surface area (Å²) in [6.45, 7) is 7.01. The number of ether oxygens (including phenoxy) is 2. The summed E-state index contributed by atoms with van der Waals surface area (Å²) in [5.41, 5.74) is -0.702. The summed E-state index contributed by atoms with van der Waals surface area (Å²) >= 11 is 7.82. The van der Waals surface area contributed by atoms with Crippen molar-refractivity contribution in [2.45, 2.75) is 177 Å². The van der Waals surface area contributed by atoms with Gasteiger partial charge in [0.2, 0.25) is 5.91 Å². The van der Waals surface area contributed by atoms with E-state index >= 15 is 0 Å². The lowest BCUT2D eigenvalue weighted by atomic mass is 9.92. The third-order valence-corrected chi connectivity index (χ3v) is 10.5. The van der Waals surface area contributed by atoms with E-state index in [0.29, 0.717) is 5.92 Å². The Bertz CT molecular complexity index is 811. The number of carbonyl (C=O) groups is 2. The number of amides is 1. The maximum Gasteiger partial charge on any atom is 0.306 e. The summed E-state index contributed by atoms with van der Waals surface area (Å²) in [6.07, 6.45) is 16.3. The average molecular weight is 700 g/mol. The number of hydrogen-bond acceptors (Lipinski definition) is 8. The Morgan fingerprint density at radius 2 is 1.51 bits per heavy atom. The summed E-state index contributed by atoms with van der Waals surface area (Å²) in [5, 5.41) is 24.6. The smallest absolute Gasteiger partial charge is 0.306 e. The zero-order chi connectivity index (χ0) is 32.5. The number of alkyl halides is 1. The van der Waals surface area contributed by atoms with Crippen LogP contribution in [0.25, 0.3) is 0 Å². The Morgan fingerprint density at radius 1 is 0.956 bits per heavy atom. The lowest BCUT2D eigenvalue weighted by Gasteiger charge is -2.45. The average Bonchev–Trinajstić information content (AvgIpc) is 3.36. The number of thioether (sulfide) groups is 1. The largest absolute Gasteiger partial charge is 0.456 e. The first-order chi connectivity index (χ1) is 21.1. The Kier molecular flexibility index (Phi) is 22.7. The topological polar surface area (TPSA) is 108 Å². The fourth-order valence-corrected chi connectivity index (χ4v) is 7.65. The van der Waals surface area contributed by atoms with Gasteiger partial charge in [-0.15, -0.1) is 35.8 Å². The molecule has 0 aromatic rings. The first-order valence-corrected chi connectivity index (χ1v) is 19.2. The summed E-state index contributed by atoms with van der Waals surface area (Å²) in [4.78, 5) is 28.0. The van der Waals surface area contributed by atoms with Crippen LogP contribution in [0.4, 0.5) is 0 Å². The van der Waals surface area contributed by atoms with Gasteiger partial charge in [0.05, 0.1) is 17.5 Å². The number of nitrogens with zero attached hydrogens (tertiary/aromatic N) is 1. The second kappa shape index (κ2) is 23.9. The van der Waals surface area contributed by atoms with Gasteiger partial charge in [0, 0.05) is 13.0 Å². The van der Waals surface area contributed by atoms with Crippen LogP contribution in [-0.2, 0) is 19.1 Å². The molecule has 0 spiro atoms. The van der Waals surface area contributed by atoms with Gasteiger partial charge >= 0.3 is 5.97 Å². The maximum absolute atomic E-state index is 13.3. The van der Waals surface area contributed by atoms with Crippen molar-refractivity contribution in [2.75, 3.05) is 19.8 Å². The van der Waals surface area contributed by atoms with Crippen molar-refractivity contribution < 1.29 is 29.3 Å². The van der Waals surface area contributed by atoms with E-state index < -0.39 is 47.2 Å². The zero-order valence-corrected chi connectivity index (χ0v) is 31.0.